The van der Waals surface area contributed by atoms with E-state index in [1.807, 2.05) is 68.4 Å². The van der Waals surface area contributed by atoms with Gasteiger partial charge in [-0.05, 0) is 98.7 Å². The Morgan fingerprint density at radius 2 is 1.51 bits per heavy atom. The molecule has 5 aromatic rings. The zero-order valence-electron chi connectivity index (χ0n) is 39.6. The van der Waals surface area contributed by atoms with Gasteiger partial charge in [0.15, 0.2) is 0 Å². The van der Waals surface area contributed by atoms with Crippen molar-refractivity contribution in [2.24, 2.45) is 0 Å². The molecule has 0 spiro atoms. The minimum Gasteiger partial charge on any atom is -0.390 e. The number of fused-ring (bicyclic) bond motifs is 1. The fourth-order valence-corrected chi connectivity index (χ4v) is 9.99. The monoisotopic (exact) mass is 920 g/mol. The number of aliphatic hydroxyl groups is 1. The summed E-state index contributed by atoms with van der Waals surface area (Å²) < 4.78 is 5.58. The van der Waals surface area contributed by atoms with Crippen molar-refractivity contribution in [3.63, 3.8) is 0 Å². The van der Waals surface area contributed by atoms with Gasteiger partial charge in [-0.25, -0.2) is 4.98 Å². The number of rotatable bonds is 16. The molecular formula is C54H64N8O6. The number of pyridine rings is 2. The van der Waals surface area contributed by atoms with Crippen molar-refractivity contribution in [1.82, 2.24) is 35.5 Å². The number of amides is 4. The Balaban J connectivity index is 1.04. The van der Waals surface area contributed by atoms with Crippen LogP contribution in [0.5, 0.6) is 0 Å². The van der Waals surface area contributed by atoms with Gasteiger partial charge < -0.3 is 30.4 Å². The fraction of sp³-hybridized carbons (Fsp3) is 0.426. The molecule has 4 heterocycles. The molecule has 2 fully saturated rings. The van der Waals surface area contributed by atoms with Gasteiger partial charge in [-0.2, -0.15) is 0 Å². The third kappa shape index (κ3) is 11.1. The second-order valence-corrected chi connectivity index (χ2v) is 19.7. The number of carbonyl (C=O) groups is 4. The van der Waals surface area contributed by atoms with Gasteiger partial charge in [-0.1, -0.05) is 87.2 Å². The van der Waals surface area contributed by atoms with E-state index in [0.717, 1.165) is 54.4 Å². The highest BCUT2D eigenvalue weighted by molar-refractivity contribution is 6.07. The summed E-state index contributed by atoms with van der Waals surface area (Å²) in [6.45, 7) is 9.33. The standard InChI is InChI=1S/C54H64N8O6/c1-53(2,40-18-20-42(21-19-40)61(46(64)30-36-22-28-68-29-23-36)47(38-13-10-26-55-32-38)50(65)59-41-15-6-5-7-16-41)24-25-54(3,4)60-51(66)48(39-14-11-27-56-33-39)62(52(67)44-34-57-35-58-44)49-43-17-9-8-12-37(43)31-45(49)63/h8-14,17-21,26-27,30,32-35,41,45,47-49,63H,5-7,15-16,22-25,28-29,31H2,1-4H3,(H,57,58)(H,59,65)(H,60,66)/t45-,47?,48?,49+/m1/s1. The lowest BCUT2D eigenvalue weighted by Crippen LogP contribution is -2.52. The first kappa shape index (κ1) is 48.0. The number of imidazole rings is 1. The van der Waals surface area contributed by atoms with Crippen molar-refractivity contribution in [2.45, 2.75) is 133 Å². The van der Waals surface area contributed by atoms with Crippen LogP contribution in [0.3, 0.4) is 0 Å². The molecule has 4 N–H and O–H groups in total. The van der Waals surface area contributed by atoms with Crippen LogP contribution in [0.4, 0.5) is 5.69 Å². The van der Waals surface area contributed by atoms with Crippen LogP contribution in [0.2, 0.25) is 0 Å². The third-order valence-corrected chi connectivity index (χ3v) is 13.9. The molecule has 68 heavy (non-hydrogen) atoms. The predicted molar refractivity (Wildman–Crippen MR) is 259 cm³/mol. The van der Waals surface area contributed by atoms with Crippen LogP contribution < -0.4 is 15.5 Å². The van der Waals surface area contributed by atoms with Crippen molar-refractivity contribution in [3.8, 4) is 0 Å². The molecule has 3 aromatic heterocycles. The lowest BCUT2D eigenvalue weighted by molar-refractivity contribution is -0.129. The maximum Gasteiger partial charge on any atom is 0.275 e. The lowest BCUT2D eigenvalue weighted by Gasteiger charge is -2.39. The number of aliphatic hydroxyl groups excluding tert-OH is 1. The van der Waals surface area contributed by atoms with Gasteiger partial charge >= 0.3 is 0 Å². The number of ether oxygens (including phenoxy) is 1. The number of anilines is 1. The van der Waals surface area contributed by atoms with E-state index < -0.39 is 47.0 Å². The first-order chi connectivity index (χ1) is 32.8. The molecule has 2 aliphatic carbocycles. The number of aromatic amines is 1. The molecule has 4 amide bonds. The second-order valence-electron chi connectivity index (χ2n) is 19.7. The van der Waals surface area contributed by atoms with Crippen LogP contribution in [-0.2, 0) is 31.0 Å². The number of H-pyrrole nitrogens is 1. The van der Waals surface area contributed by atoms with E-state index in [1.54, 1.807) is 54.0 Å². The van der Waals surface area contributed by atoms with E-state index in [2.05, 4.69) is 44.4 Å². The first-order valence-electron chi connectivity index (χ1n) is 24.0. The summed E-state index contributed by atoms with van der Waals surface area (Å²) in [5.41, 5.74) is 4.35. The summed E-state index contributed by atoms with van der Waals surface area (Å²) in [5, 5.41) is 18.2. The van der Waals surface area contributed by atoms with Crippen molar-refractivity contribution < 1.29 is 29.0 Å². The maximum atomic E-state index is 14.9. The van der Waals surface area contributed by atoms with Crippen molar-refractivity contribution >= 4 is 29.3 Å². The highest BCUT2D eigenvalue weighted by Crippen LogP contribution is 2.42. The number of nitrogens with one attached hydrogen (secondary N) is 3. The Bertz CT molecular complexity index is 2530. The van der Waals surface area contributed by atoms with Gasteiger partial charge in [-0.15, -0.1) is 0 Å². The summed E-state index contributed by atoms with van der Waals surface area (Å²) in [5.74, 6) is -1.43. The highest BCUT2D eigenvalue weighted by atomic mass is 16.5. The van der Waals surface area contributed by atoms with Crippen molar-refractivity contribution in [2.75, 3.05) is 18.1 Å². The highest BCUT2D eigenvalue weighted by Gasteiger charge is 2.46. The molecule has 4 atom stereocenters. The maximum absolute atomic E-state index is 14.9. The largest absolute Gasteiger partial charge is 0.390 e. The Hall–Kier alpha value is -6.51. The smallest absolute Gasteiger partial charge is 0.275 e. The molecule has 356 valence electrons. The average molecular weight is 921 g/mol. The van der Waals surface area contributed by atoms with E-state index in [9.17, 15) is 24.3 Å². The Labute approximate surface area is 399 Å². The van der Waals surface area contributed by atoms with E-state index >= 15 is 0 Å². The molecule has 14 heteroatoms. The number of hydrogen-bond donors (Lipinski definition) is 4. The molecule has 1 saturated heterocycles. The number of aromatic nitrogens is 4. The average Bonchev–Trinajstić information content (AvgIpc) is 4.01. The molecule has 2 aromatic carbocycles. The van der Waals surface area contributed by atoms with Crippen LogP contribution in [0.1, 0.15) is 142 Å². The van der Waals surface area contributed by atoms with E-state index in [1.165, 1.54) is 17.4 Å². The third-order valence-electron chi connectivity index (χ3n) is 13.9. The van der Waals surface area contributed by atoms with E-state index in [0.29, 0.717) is 62.1 Å². The minimum absolute atomic E-state index is 0.0423. The predicted octanol–water partition coefficient (Wildman–Crippen LogP) is 7.95. The van der Waals surface area contributed by atoms with Gasteiger partial charge in [-0.3, -0.25) is 34.0 Å². The minimum atomic E-state index is -1.16. The zero-order chi connectivity index (χ0) is 47.8. The van der Waals surface area contributed by atoms with Gasteiger partial charge in [0.2, 0.25) is 11.8 Å². The van der Waals surface area contributed by atoms with Crippen LogP contribution in [0.25, 0.3) is 0 Å². The number of hydrogen-bond acceptors (Lipinski definition) is 9. The molecule has 0 radical (unpaired) electrons. The molecule has 1 saturated carbocycles. The first-order valence-corrected chi connectivity index (χ1v) is 24.0. The summed E-state index contributed by atoms with van der Waals surface area (Å²) in [6.07, 6.45) is 18.1. The zero-order valence-corrected chi connectivity index (χ0v) is 39.6. The Morgan fingerprint density at radius 3 is 2.16 bits per heavy atom. The summed E-state index contributed by atoms with van der Waals surface area (Å²) >= 11 is 0. The summed E-state index contributed by atoms with van der Waals surface area (Å²) in [6, 6.07) is 19.7. The molecular weight excluding hydrogens is 857 g/mol. The van der Waals surface area contributed by atoms with Gasteiger partial charge in [0, 0.05) is 71.9 Å². The van der Waals surface area contributed by atoms with E-state index in [4.69, 9.17) is 4.74 Å². The molecule has 14 nitrogen and oxygen atoms in total. The van der Waals surface area contributed by atoms with Crippen LogP contribution >= 0.6 is 0 Å². The lowest BCUT2D eigenvalue weighted by atomic mass is 9.77. The molecule has 2 unspecified atom stereocenters. The van der Waals surface area contributed by atoms with Gasteiger partial charge in [0.05, 0.1) is 31.7 Å². The molecule has 8 rings (SSSR count). The number of carbonyl (C=O) groups excluding carboxylic acids is 4. The summed E-state index contributed by atoms with van der Waals surface area (Å²) in [7, 11) is 0. The topological polar surface area (TPSA) is 183 Å². The quantitative estimate of drug-likeness (QED) is 0.0714. The SMILES string of the molecule is CC(C)(CCC(C)(C)c1ccc(N(C(=O)C=C2CCOCC2)C(C(=O)NC2CCCCC2)c2cccnc2)cc1)NC(=O)C(c1cccnc1)N(C(=O)c1c[nH]cn1)[C@H]1c2ccccc2C[C@H]1O. The number of nitrogens with zero attached hydrogens (tertiary/aromatic N) is 5. The fourth-order valence-electron chi connectivity index (χ4n) is 9.99. The van der Waals surface area contributed by atoms with Crippen molar-refractivity contribution in [3.05, 3.63) is 155 Å². The van der Waals surface area contributed by atoms with Crippen LogP contribution in [0, 0.1) is 0 Å². The molecule has 1 aliphatic heterocycles. The Kier molecular flexibility index (Phi) is 15.0. The van der Waals surface area contributed by atoms with E-state index in [-0.39, 0.29) is 23.6 Å². The molecule has 0 bridgehead atoms. The van der Waals surface area contributed by atoms with Gasteiger partial charge in [0.25, 0.3) is 11.8 Å². The molecule has 3 aliphatic rings. The second kappa shape index (κ2) is 21.2. The van der Waals surface area contributed by atoms with Crippen LogP contribution in [-0.4, -0.2) is 84.5 Å². The normalized spacial score (nSPS) is 18.5. The summed E-state index contributed by atoms with van der Waals surface area (Å²) in [4.78, 5) is 77.4. The van der Waals surface area contributed by atoms with Crippen molar-refractivity contribution in [1.29, 1.82) is 0 Å². The number of benzene rings is 2. The van der Waals surface area contributed by atoms with Gasteiger partial charge in [0.1, 0.15) is 17.8 Å². The van der Waals surface area contributed by atoms with Crippen LogP contribution in [0.15, 0.2) is 122 Å². The Morgan fingerprint density at radius 1 is 0.838 bits per heavy atom.